The van der Waals surface area contributed by atoms with E-state index in [0.29, 0.717) is 12.6 Å². The zero-order valence-corrected chi connectivity index (χ0v) is 14.1. The van der Waals surface area contributed by atoms with E-state index in [9.17, 15) is 13.2 Å². The summed E-state index contributed by atoms with van der Waals surface area (Å²) in [6.45, 7) is 6.27. The first-order chi connectivity index (χ1) is 12.3. The van der Waals surface area contributed by atoms with E-state index in [2.05, 4.69) is 20.7 Å². The smallest absolute Gasteiger partial charge is 0.475 e. The number of carbonyl (C=O) groups is 1. The highest BCUT2D eigenvalue weighted by atomic mass is 19.4. The third-order valence-corrected chi connectivity index (χ3v) is 3.70. The maximum atomic E-state index is 10.6. The van der Waals surface area contributed by atoms with Crippen LogP contribution in [0.25, 0.3) is 0 Å². The lowest BCUT2D eigenvalue weighted by molar-refractivity contribution is -0.192. The van der Waals surface area contributed by atoms with E-state index < -0.39 is 12.1 Å². The Morgan fingerprint density at radius 3 is 2.77 bits per heavy atom. The molecule has 0 saturated carbocycles. The molecule has 0 fully saturated rings. The van der Waals surface area contributed by atoms with E-state index in [1.54, 1.807) is 6.26 Å². The summed E-state index contributed by atoms with van der Waals surface area (Å²) in [6.07, 6.45) is 0.320. The minimum absolute atomic E-state index is 0.297. The molecule has 1 unspecified atom stereocenters. The lowest BCUT2D eigenvalue weighted by atomic mass is 10.2. The molecule has 144 valence electrons. The molecule has 1 atom stereocenters. The number of ether oxygens (including phenoxy) is 1. The second-order valence-electron chi connectivity index (χ2n) is 5.68. The van der Waals surface area contributed by atoms with Crippen molar-refractivity contribution in [2.75, 3.05) is 19.8 Å². The van der Waals surface area contributed by atoms with Crippen LogP contribution in [0, 0.1) is 0 Å². The van der Waals surface area contributed by atoms with Crippen LogP contribution in [0.2, 0.25) is 0 Å². The van der Waals surface area contributed by atoms with Gasteiger partial charge in [-0.1, -0.05) is 0 Å². The molecule has 0 aromatic carbocycles. The number of carboxylic acid groups (broad SMARTS) is 1. The van der Waals surface area contributed by atoms with Crippen molar-refractivity contribution in [3.8, 4) is 0 Å². The van der Waals surface area contributed by atoms with Gasteiger partial charge in [0.15, 0.2) is 0 Å². The number of rotatable bonds is 5. The zero-order chi connectivity index (χ0) is 19.2. The summed E-state index contributed by atoms with van der Waals surface area (Å²) in [7, 11) is 0. The molecule has 2 aromatic rings. The first kappa shape index (κ1) is 20.0. The van der Waals surface area contributed by atoms with E-state index in [0.717, 1.165) is 26.2 Å². The summed E-state index contributed by atoms with van der Waals surface area (Å²) in [4.78, 5) is 11.3. The Kier molecular flexibility index (Phi) is 6.81. The molecule has 7 nitrogen and oxygen atoms in total. The average Bonchev–Trinajstić information content (AvgIpc) is 3.23. The summed E-state index contributed by atoms with van der Waals surface area (Å²) >= 11 is 0. The molecule has 0 bridgehead atoms. The quantitative estimate of drug-likeness (QED) is 0.866. The molecule has 26 heavy (non-hydrogen) atoms. The summed E-state index contributed by atoms with van der Waals surface area (Å²) in [5.41, 5.74) is 2.46. The molecular weight excluding hydrogens is 355 g/mol. The van der Waals surface area contributed by atoms with Crippen LogP contribution in [0.5, 0.6) is 0 Å². The van der Waals surface area contributed by atoms with Gasteiger partial charge in [0.2, 0.25) is 0 Å². The third kappa shape index (κ3) is 5.60. The van der Waals surface area contributed by atoms with Crippen LogP contribution >= 0.6 is 0 Å². The fourth-order valence-electron chi connectivity index (χ4n) is 2.60. The molecule has 0 spiro atoms. The van der Waals surface area contributed by atoms with E-state index in [1.807, 2.05) is 25.5 Å². The topological polar surface area (TPSA) is 80.7 Å². The van der Waals surface area contributed by atoms with E-state index in [-0.39, 0.29) is 0 Å². The molecule has 0 saturated heterocycles. The van der Waals surface area contributed by atoms with Crippen molar-refractivity contribution >= 4 is 5.97 Å². The van der Waals surface area contributed by atoms with Gasteiger partial charge in [-0.15, -0.1) is 0 Å². The number of hydrogen-bond acceptors (Lipinski definition) is 5. The third-order valence-electron chi connectivity index (χ3n) is 3.70. The number of fused-ring (bicyclic) bond motifs is 1. The van der Waals surface area contributed by atoms with Crippen LogP contribution in [0.15, 0.2) is 35.3 Å². The highest BCUT2D eigenvalue weighted by Crippen LogP contribution is 2.22. The minimum Gasteiger partial charge on any atom is -0.475 e. The van der Waals surface area contributed by atoms with Crippen molar-refractivity contribution in [3.05, 3.63) is 42.1 Å². The second kappa shape index (κ2) is 8.86. The van der Waals surface area contributed by atoms with Gasteiger partial charge in [-0.2, -0.15) is 18.3 Å². The summed E-state index contributed by atoms with van der Waals surface area (Å²) in [5, 5.41) is 11.5. The molecule has 1 N–H and O–H groups in total. The summed E-state index contributed by atoms with van der Waals surface area (Å²) in [6, 6.07) is 4.40. The van der Waals surface area contributed by atoms with Gasteiger partial charge in [0.05, 0.1) is 30.9 Å². The molecule has 1 aliphatic rings. The van der Waals surface area contributed by atoms with Crippen LogP contribution in [0.1, 0.15) is 24.2 Å². The van der Waals surface area contributed by atoms with Crippen molar-refractivity contribution in [1.82, 2.24) is 14.7 Å². The number of furan rings is 1. The van der Waals surface area contributed by atoms with Crippen molar-refractivity contribution in [1.29, 1.82) is 0 Å². The number of alkyl halides is 3. The number of carboxylic acids is 1. The largest absolute Gasteiger partial charge is 0.490 e. The Hall–Kier alpha value is -2.33. The van der Waals surface area contributed by atoms with Crippen LogP contribution < -0.4 is 0 Å². The standard InChI is InChI=1S/C14H19N3O2.C2HF3O2/c1-2-18-11-14-9-16(7-12-4-6-19-10-12)8-13-3-5-15-17(13)14;3-2(4,5)1(6)7/h3-6,10,14H,2,7-9,11H2,1H3;(H,6,7). The van der Waals surface area contributed by atoms with Gasteiger partial charge in [0, 0.05) is 38.0 Å². The maximum absolute atomic E-state index is 10.6. The normalized spacial score (nSPS) is 17.3. The molecule has 0 aliphatic carbocycles. The molecule has 10 heteroatoms. The number of aliphatic carboxylic acids is 1. The number of hydrogen-bond donors (Lipinski definition) is 1. The fraction of sp³-hybridized carbons (Fsp3) is 0.500. The molecule has 0 amide bonds. The molecule has 3 rings (SSSR count). The van der Waals surface area contributed by atoms with Gasteiger partial charge in [0.1, 0.15) is 0 Å². The van der Waals surface area contributed by atoms with Crippen LogP contribution in [-0.2, 0) is 22.6 Å². The molecule has 3 heterocycles. The first-order valence-corrected chi connectivity index (χ1v) is 7.95. The van der Waals surface area contributed by atoms with Crippen LogP contribution in [0.4, 0.5) is 13.2 Å². The fourth-order valence-corrected chi connectivity index (χ4v) is 2.60. The lowest BCUT2D eigenvalue weighted by Gasteiger charge is -2.33. The average molecular weight is 375 g/mol. The second-order valence-corrected chi connectivity index (χ2v) is 5.68. The Bertz CT molecular complexity index is 685. The SMILES string of the molecule is CCOCC1CN(Cc2ccoc2)Cc2ccnn21.O=C(O)C(F)(F)F. The maximum Gasteiger partial charge on any atom is 0.490 e. The summed E-state index contributed by atoms with van der Waals surface area (Å²) < 4.78 is 44.5. The molecule has 1 aliphatic heterocycles. The zero-order valence-electron chi connectivity index (χ0n) is 14.1. The Morgan fingerprint density at radius 1 is 1.46 bits per heavy atom. The minimum atomic E-state index is -5.08. The monoisotopic (exact) mass is 375 g/mol. The predicted molar refractivity (Wildman–Crippen MR) is 84.3 cm³/mol. The van der Waals surface area contributed by atoms with Crippen LogP contribution in [-0.4, -0.2) is 51.7 Å². The Balaban J connectivity index is 0.000000298. The number of nitrogens with zero attached hydrogens (tertiary/aromatic N) is 3. The highest BCUT2D eigenvalue weighted by Gasteiger charge is 2.38. The molecule has 2 aromatic heterocycles. The summed E-state index contributed by atoms with van der Waals surface area (Å²) in [5.74, 6) is -2.76. The van der Waals surface area contributed by atoms with Crippen molar-refractivity contribution in [3.63, 3.8) is 0 Å². The Morgan fingerprint density at radius 2 is 2.19 bits per heavy atom. The lowest BCUT2D eigenvalue weighted by Crippen LogP contribution is -2.39. The molecule has 0 radical (unpaired) electrons. The van der Waals surface area contributed by atoms with Crippen molar-refractivity contribution in [2.24, 2.45) is 0 Å². The van der Waals surface area contributed by atoms with Crippen molar-refractivity contribution in [2.45, 2.75) is 32.2 Å². The first-order valence-electron chi connectivity index (χ1n) is 7.95. The van der Waals surface area contributed by atoms with E-state index >= 15 is 0 Å². The molecular formula is C16H20F3N3O4. The van der Waals surface area contributed by atoms with Crippen LogP contribution in [0.3, 0.4) is 0 Å². The predicted octanol–water partition coefficient (Wildman–Crippen LogP) is 2.70. The van der Waals surface area contributed by atoms with Crippen molar-refractivity contribution < 1.29 is 32.2 Å². The van der Waals surface area contributed by atoms with Gasteiger partial charge in [-0.05, 0) is 19.1 Å². The van der Waals surface area contributed by atoms with Gasteiger partial charge >= 0.3 is 12.1 Å². The van der Waals surface area contributed by atoms with Gasteiger partial charge in [0.25, 0.3) is 0 Å². The van der Waals surface area contributed by atoms with E-state index in [1.165, 1.54) is 11.3 Å². The van der Waals surface area contributed by atoms with Gasteiger partial charge < -0.3 is 14.3 Å². The highest BCUT2D eigenvalue weighted by molar-refractivity contribution is 5.73. The number of halogens is 3. The number of aromatic nitrogens is 2. The van der Waals surface area contributed by atoms with E-state index in [4.69, 9.17) is 19.1 Å². The Labute approximate surface area is 148 Å². The van der Waals surface area contributed by atoms with Gasteiger partial charge in [-0.25, -0.2) is 4.79 Å². The van der Waals surface area contributed by atoms with Gasteiger partial charge in [-0.3, -0.25) is 9.58 Å².